The molecule has 1 aromatic heterocycles. The topological polar surface area (TPSA) is 89.3 Å². The maximum absolute atomic E-state index is 6.01. The number of nitrogens with one attached hydrogen (secondary N) is 1. The zero-order valence-electron chi connectivity index (χ0n) is 9.32. The van der Waals surface area contributed by atoms with Gasteiger partial charge in [-0.25, -0.2) is 10.8 Å². The first-order valence-electron chi connectivity index (χ1n) is 4.93. The Labute approximate surface area is 131 Å². The van der Waals surface area contributed by atoms with Gasteiger partial charge in [0, 0.05) is 5.56 Å². The number of nitrogens with two attached hydrogens (primary N) is 2. The molecule has 0 unspecified atom stereocenters. The summed E-state index contributed by atoms with van der Waals surface area (Å²) in [6.07, 6.45) is 0. The molecule has 0 amide bonds. The van der Waals surface area contributed by atoms with Gasteiger partial charge in [0.25, 0.3) is 0 Å². The molecule has 0 spiro atoms. The lowest BCUT2D eigenvalue weighted by Gasteiger charge is -2.05. The molecular formula is C10H8BrCl2N5S. The number of hydrazone groups is 1. The highest BCUT2D eigenvalue weighted by atomic mass is 79.9. The lowest BCUT2D eigenvalue weighted by molar-refractivity contribution is 1.01. The van der Waals surface area contributed by atoms with E-state index in [0.29, 0.717) is 30.4 Å². The van der Waals surface area contributed by atoms with Gasteiger partial charge < -0.3 is 11.3 Å². The maximum Gasteiger partial charge on any atom is 0.179 e. The summed E-state index contributed by atoms with van der Waals surface area (Å²) in [7, 11) is 0. The zero-order valence-corrected chi connectivity index (χ0v) is 13.2. The molecule has 0 radical (unpaired) electrons. The zero-order chi connectivity index (χ0) is 14.0. The van der Waals surface area contributed by atoms with Gasteiger partial charge in [-0.3, -0.25) is 0 Å². The molecule has 2 rings (SSSR count). The van der Waals surface area contributed by atoms with Crippen LogP contribution in [0.5, 0.6) is 0 Å². The molecule has 0 aliphatic rings. The Hall–Kier alpha value is -0.860. The van der Waals surface area contributed by atoms with Crippen LogP contribution in [-0.4, -0.2) is 10.8 Å². The van der Waals surface area contributed by atoms with Gasteiger partial charge in [-0.1, -0.05) is 29.3 Å². The number of hydrogen-bond donors (Lipinski definition) is 3. The van der Waals surface area contributed by atoms with E-state index in [1.54, 1.807) is 12.1 Å². The van der Waals surface area contributed by atoms with E-state index in [0.717, 1.165) is 5.56 Å². The number of hydrazine groups is 1. The Balaban J connectivity index is 2.58. The van der Waals surface area contributed by atoms with Crippen molar-refractivity contribution < 1.29 is 0 Å². The number of nitrogens with zero attached hydrogens (tertiary/aromatic N) is 2. The van der Waals surface area contributed by atoms with E-state index in [1.807, 2.05) is 6.07 Å². The quantitative estimate of drug-likeness (QED) is 0.323. The number of hydrogen-bond acceptors (Lipinski definition) is 5. The minimum Gasteiger partial charge on any atom is -0.321 e. The van der Waals surface area contributed by atoms with Crippen LogP contribution in [0.15, 0.2) is 27.2 Å². The number of rotatable bonds is 2. The van der Waals surface area contributed by atoms with E-state index < -0.39 is 0 Å². The summed E-state index contributed by atoms with van der Waals surface area (Å²) in [5, 5.41) is 4.51. The van der Waals surface area contributed by atoms with Crippen molar-refractivity contribution in [1.29, 1.82) is 0 Å². The SMILES string of the molecule is N/N=C(\NN)c1sc(Br)nc1-c1ccc(Cl)c(Cl)c1. The molecule has 5 N–H and O–H groups in total. The number of aromatic nitrogens is 1. The predicted octanol–water partition coefficient (Wildman–Crippen LogP) is 2.96. The molecule has 1 aromatic carbocycles. The van der Waals surface area contributed by atoms with E-state index >= 15 is 0 Å². The van der Waals surface area contributed by atoms with Gasteiger partial charge in [-0.15, -0.1) is 11.3 Å². The summed E-state index contributed by atoms with van der Waals surface area (Å²) in [5.74, 6) is 11.0. The molecule has 9 heteroatoms. The Morgan fingerprint density at radius 3 is 2.68 bits per heavy atom. The molecule has 0 saturated carbocycles. The van der Waals surface area contributed by atoms with Gasteiger partial charge in [0.2, 0.25) is 0 Å². The van der Waals surface area contributed by atoms with Crippen molar-refractivity contribution in [2.75, 3.05) is 0 Å². The smallest absolute Gasteiger partial charge is 0.179 e. The third-order valence-electron chi connectivity index (χ3n) is 2.27. The standard InChI is InChI=1S/C10H8BrCl2N5S/c11-10-16-7(8(19-10)9(17-14)18-15)4-1-2-5(12)6(13)3-4/h1-3H,14-15H2,(H,17,18). The predicted molar refractivity (Wildman–Crippen MR) is 83.3 cm³/mol. The van der Waals surface area contributed by atoms with Gasteiger partial charge in [-0.05, 0) is 28.1 Å². The van der Waals surface area contributed by atoms with Crippen LogP contribution in [0.3, 0.4) is 0 Å². The molecule has 19 heavy (non-hydrogen) atoms. The van der Waals surface area contributed by atoms with Crippen LogP contribution in [0.25, 0.3) is 11.3 Å². The van der Waals surface area contributed by atoms with Crippen LogP contribution in [0, 0.1) is 0 Å². The molecule has 0 aliphatic heterocycles. The molecule has 2 aromatic rings. The summed E-state index contributed by atoms with van der Waals surface area (Å²) in [6, 6.07) is 5.23. The lowest BCUT2D eigenvalue weighted by Crippen LogP contribution is -2.31. The molecule has 0 aliphatic carbocycles. The normalized spacial score (nSPS) is 11.7. The summed E-state index contributed by atoms with van der Waals surface area (Å²) >= 11 is 16.6. The largest absolute Gasteiger partial charge is 0.321 e. The molecule has 0 bridgehead atoms. The van der Waals surface area contributed by atoms with Crippen LogP contribution in [-0.2, 0) is 0 Å². The second kappa shape index (κ2) is 6.06. The fourth-order valence-corrected chi connectivity index (χ4v) is 3.19. The van der Waals surface area contributed by atoms with Crippen LogP contribution >= 0.6 is 50.5 Å². The van der Waals surface area contributed by atoms with Crippen molar-refractivity contribution in [3.8, 4) is 11.3 Å². The molecule has 5 nitrogen and oxygen atoms in total. The summed E-state index contributed by atoms with van der Waals surface area (Å²) < 4.78 is 0.681. The first kappa shape index (κ1) is 14.5. The molecular weight excluding hydrogens is 373 g/mol. The number of benzene rings is 1. The minimum atomic E-state index is 0.337. The summed E-state index contributed by atoms with van der Waals surface area (Å²) in [5.41, 5.74) is 3.89. The van der Waals surface area contributed by atoms with Crippen molar-refractivity contribution in [2.24, 2.45) is 16.8 Å². The second-order valence-electron chi connectivity index (χ2n) is 3.40. The average molecular weight is 381 g/mol. The minimum absolute atomic E-state index is 0.337. The molecule has 0 saturated heterocycles. The van der Waals surface area contributed by atoms with Crippen molar-refractivity contribution >= 4 is 56.3 Å². The van der Waals surface area contributed by atoms with Gasteiger partial charge >= 0.3 is 0 Å². The van der Waals surface area contributed by atoms with Crippen molar-refractivity contribution in [1.82, 2.24) is 10.4 Å². The van der Waals surface area contributed by atoms with Crippen LogP contribution in [0.2, 0.25) is 10.0 Å². The Morgan fingerprint density at radius 1 is 1.37 bits per heavy atom. The van der Waals surface area contributed by atoms with Crippen molar-refractivity contribution in [3.05, 3.63) is 37.0 Å². The van der Waals surface area contributed by atoms with Crippen LogP contribution in [0.1, 0.15) is 4.88 Å². The Bertz CT molecular complexity index is 643. The van der Waals surface area contributed by atoms with Crippen molar-refractivity contribution in [2.45, 2.75) is 0 Å². The monoisotopic (exact) mass is 379 g/mol. The maximum atomic E-state index is 6.01. The fourth-order valence-electron chi connectivity index (χ4n) is 1.46. The van der Waals surface area contributed by atoms with E-state index in [2.05, 4.69) is 31.4 Å². The summed E-state index contributed by atoms with van der Waals surface area (Å²) in [4.78, 5) is 5.07. The van der Waals surface area contributed by atoms with Gasteiger partial charge in [-0.2, -0.15) is 5.10 Å². The summed E-state index contributed by atoms with van der Waals surface area (Å²) in [6.45, 7) is 0. The van der Waals surface area contributed by atoms with E-state index in [-0.39, 0.29) is 0 Å². The Kier molecular flexibility index (Phi) is 4.64. The first-order valence-corrected chi connectivity index (χ1v) is 7.30. The molecule has 100 valence electrons. The lowest BCUT2D eigenvalue weighted by atomic mass is 10.1. The van der Waals surface area contributed by atoms with Gasteiger partial charge in [0.15, 0.2) is 9.75 Å². The highest BCUT2D eigenvalue weighted by molar-refractivity contribution is 9.11. The Morgan fingerprint density at radius 2 is 2.11 bits per heavy atom. The van der Waals surface area contributed by atoms with E-state index in [4.69, 9.17) is 34.9 Å². The van der Waals surface area contributed by atoms with Gasteiger partial charge in [0.1, 0.15) is 4.88 Å². The highest BCUT2D eigenvalue weighted by Crippen LogP contribution is 2.34. The highest BCUT2D eigenvalue weighted by Gasteiger charge is 2.17. The molecule has 0 fully saturated rings. The number of halogens is 3. The van der Waals surface area contributed by atoms with Crippen LogP contribution in [0.4, 0.5) is 0 Å². The fraction of sp³-hybridized carbons (Fsp3) is 0. The van der Waals surface area contributed by atoms with E-state index in [9.17, 15) is 0 Å². The third-order valence-corrected chi connectivity index (χ3v) is 4.53. The van der Waals surface area contributed by atoms with Gasteiger partial charge in [0.05, 0.1) is 15.7 Å². The molecule has 0 atom stereocenters. The molecule has 1 heterocycles. The number of thiazole rings is 1. The third kappa shape index (κ3) is 3.01. The van der Waals surface area contributed by atoms with Crippen LogP contribution < -0.4 is 17.1 Å². The van der Waals surface area contributed by atoms with Crippen molar-refractivity contribution in [3.63, 3.8) is 0 Å². The first-order chi connectivity index (χ1) is 9.06. The second-order valence-corrected chi connectivity index (χ2v) is 6.48. The number of amidine groups is 1. The average Bonchev–Trinajstić information content (AvgIpc) is 2.76. The van der Waals surface area contributed by atoms with E-state index in [1.165, 1.54) is 11.3 Å².